The van der Waals surface area contributed by atoms with Crippen LogP contribution in [-0.2, 0) is 0 Å². The maximum Gasteiger partial charge on any atom is 0.0669 e. The Hall–Kier alpha value is -0.520. The number of aromatic nitrogens is 2. The van der Waals surface area contributed by atoms with Gasteiger partial charge in [0.1, 0.15) is 0 Å². The Labute approximate surface area is 114 Å². The van der Waals surface area contributed by atoms with Gasteiger partial charge in [-0.3, -0.25) is 11.3 Å². The van der Waals surface area contributed by atoms with Crippen LogP contribution in [0.4, 0.5) is 0 Å². The van der Waals surface area contributed by atoms with E-state index in [0.29, 0.717) is 0 Å². The molecule has 0 aromatic carbocycles. The average molecular weight is 270 g/mol. The lowest BCUT2D eigenvalue weighted by atomic mass is 10.0. The van der Waals surface area contributed by atoms with Gasteiger partial charge < -0.3 is 0 Å². The lowest BCUT2D eigenvalue weighted by molar-refractivity contribution is 0.480. The molecule has 1 aromatic rings. The summed E-state index contributed by atoms with van der Waals surface area (Å²) in [7, 11) is 0. The summed E-state index contributed by atoms with van der Waals surface area (Å²) in [4.78, 5) is 1.14. The molecule has 104 valence electrons. The van der Waals surface area contributed by atoms with Gasteiger partial charge in [-0.25, -0.2) is 0 Å². The first-order valence-corrected chi connectivity index (χ1v) is 7.89. The van der Waals surface area contributed by atoms with E-state index in [2.05, 4.69) is 21.9 Å². The van der Waals surface area contributed by atoms with Crippen molar-refractivity contribution in [2.75, 3.05) is 0 Å². The molecule has 1 atom stereocenters. The largest absolute Gasteiger partial charge is 0.271 e. The molecular weight excluding hydrogens is 244 g/mol. The van der Waals surface area contributed by atoms with Crippen molar-refractivity contribution >= 4 is 11.5 Å². The van der Waals surface area contributed by atoms with Gasteiger partial charge in [0, 0.05) is 0 Å². The van der Waals surface area contributed by atoms with E-state index in [1.54, 1.807) is 6.20 Å². The highest BCUT2D eigenvalue weighted by Crippen LogP contribution is 2.21. The molecule has 0 amide bonds. The summed E-state index contributed by atoms with van der Waals surface area (Å²) >= 11 is 1.43. The molecule has 3 N–H and O–H groups in total. The van der Waals surface area contributed by atoms with Gasteiger partial charge in [0.05, 0.1) is 17.1 Å². The molecule has 0 radical (unpaired) electrons. The van der Waals surface area contributed by atoms with Crippen molar-refractivity contribution in [2.24, 2.45) is 5.84 Å². The summed E-state index contributed by atoms with van der Waals surface area (Å²) in [6.45, 7) is 2.26. The van der Waals surface area contributed by atoms with E-state index in [1.165, 1.54) is 62.9 Å². The Balaban J connectivity index is 1.99. The van der Waals surface area contributed by atoms with Crippen molar-refractivity contribution in [1.82, 2.24) is 15.0 Å². The summed E-state index contributed by atoms with van der Waals surface area (Å²) in [5.74, 6) is 5.56. The second kappa shape index (κ2) is 10.4. The second-order valence-electron chi connectivity index (χ2n) is 4.80. The summed E-state index contributed by atoms with van der Waals surface area (Å²) < 4.78 is 3.87. The molecule has 0 aliphatic heterocycles. The topological polar surface area (TPSA) is 63.8 Å². The molecule has 1 aromatic heterocycles. The minimum absolute atomic E-state index is 0.227. The standard InChI is InChI=1S/C13H26N4S/c1-2-3-4-5-6-7-8-9-10-12(16-14)13-11-15-17-18-13/h11-12,16H,2-10,14H2,1H3. The third kappa shape index (κ3) is 6.42. The predicted octanol–water partition coefficient (Wildman–Crippen LogP) is 3.57. The number of nitrogens with zero attached hydrogens (tertiary/aromatic N) is 2. The number of hydrogen-bond acceptors (Lipinski definition) is 5. The van der Waals surface area contributed by atoms with Crippen molar-refractivity contribution in [2.45, 2.75) is 70.8 Å². The molecule has 0 spiro atoms. The van der Waals surface area contributed by atoms with Gasteiger partial charge in [-0.05, 0) is 18.0 Å². The Bertz CT molecular complexity index is 277. The first-order chi connectivity index (χ1) is 8.88. The van der Waals surface area contributed by atoms with E-state index in [-0.39, 0.29) is 6.04 Å². The number of nitrogens with one attached hydrogen (secondary N) is 1. The van der Waals surface area contributed by atoms with E-state index >= 15 is 0 Å². The lowest BCUT2D eigenvalue weighted by Crippen LogP contribution is -2.27. The van der Waals surface area contributed by atoms with Crippen molar-refractivity contribution in [1.29, 1.82) is 0 Å². The second-order valence-corrected chi connectivity index (χ2v) is 5.62. The first-order valence-electron chi connectivity index (χ1n) is 7.11. The van der Waals surface area contributed by atoms with E-state index in [9.17, 15) is 0 Å². The minimum atomic E-state index is 0.227. The summed E-state index contributed by atoms with van der Waals surface area (Å²) in [6, 6.07) is 0.227. The molecule has 18 heavy (non-hydrogen) atoms. The fraction of sp³-hybridized carbons (Fsp3) is 0.846. The first kappa shape index (κ1) is 15.5. The minimum Gasteiger partial charge on any atom is -0.271 e. The molecule has 0 saturated heterocycles. The Morgan fingerprint density at radius 3 is 2.39 bits per heavy atom. The van der Waals surface area contributed by atoms with Gasteiger partial charge in [0.15, 0.2) is 0 Å². The third-order valence-electron chi connectivity index (χ3n) is 3.27. The van der Waals surface area contributed by atoms with Crippen LogP contribution in [-0.4, -0.2) is 9.59 Å². The Morgan fingerprint density at radius 2 is 1.83 bits per heavy atom. The third-order valence-corrected chi connectivity index (χ3v) is 4.05. The number of rotatable bonds is 11. The molecule has 1 unspecified atom stereocenters. The van der Waals surface area contributed by atoms with Crippen LogP contribution in [0.5, 0.6) is 0 Å². The maximum absolute atomic E-state index is 5.56. The normalized spacial score (nSPS) is 12.8. The van der Waals surface area contributed by atoms with E-state index < -0.39 is 0 Å². The highest BCUT2D eigenvalue weighted by atomic mass is 32.1. The Morgan fingerprint density at radius 1 is 1.17 bits per heavy atom. The highest BCUT2D eigenvalue weighted by molar-refractivity contribution is 7.05. The zero-order valence-corrected chi connectivity index (χ0v) is 12.2. The van der Waals surface area contributed by atoms with Gasteiger partial charge in [0.2, 0.25) is 0 Å². The van der Waals surface area contributed by atoms with E-state index in [4.69, 9.17) is 5.84 Å². The van der Waals surface area contributed by atoms with Crippen LogP contribution >= 0.6 is 11.5 Å². The van der Waals surface area contributed by atoms with Gasteiger partial charge >= 0.3 is 0 Å². The quantitative estimate of drug-likeness (QED) is 0.366. The summed E-state index contributed by atoms with van der Waals surface area (Å²) in [6.07, 6.45) is 13.6. The van der Waals surface area contributed by atoms with Crippen molar-refractivity contribution in [3.05, 3.63) is 11.1 Å². The highest BCUT2D eigenvalue weighted by Gasteiger charge is 2.11. The fourth-order valence-electron chi connectivity index (χ4n) is 2.12. The number of hydrogen-bond donors (Lipinski definition) is 2. The molecule has 0 aliphatic rings. The van der Waals surface area contributed by atoms with Crippen molar-refractivity contribution < 1.29 is 0 Å². The zero-order chi connectivity index (χ0) is 13.1. The summed E-state index contributed by atoms with van der Waals surface area (Å²) in [5.41, 5.74) is 2.85. The molecule has 5 heteroatoms. The number of hydrazine groups is 1. The molecule has 0 fully saturated rings. The molecule has 0 saturated carbocycles. The number of unbranched alkanes of at least 4 members (excludes halogenated alkanes) is 7. The lowest BCUT2D eigenvalue weighted by Gasteiger charge is -2.12. The van der Waals surface area contributed by atoms with Gasteiger partial charge in [-0.15, -0.1) is 5.10 Å². The summed E-state index contributed by atoms with van der Waals surface area (Å²) in [5, 5.41) is 3.85. The number of nitrogens with two attached hydrogens (primary N) is 1. The van der Waals surface area contributed by atoms with Crippen LogP contribution in [0.3, 0.4) is 0 Å². The molecule has 4 nitrogen and oxygen atoms in total. The van der Waals surface area contributed by atoms with Gasteiger partial charge in [0.25, 0.3) is 0 Å². The van der Waals surface area contributed by atoms with E-state index in [0.717, 1.165) is 11.3 Å². The van der Waals surface area contributed by atoms with Crippen LogP contribution in [0.1, 0.15) is 75.6 Å². The molecule has 0 aliphatic carbocycles. The molecule has 0 bridgehead atoms. The predicted molar refractivity (Wildman–Crippen MR) is 77.2 cm³/mol. The zero-order valence-electron chi connectivity index (χ0n) is 11.4. The van der Waals surface area contributed by atoms with Crippen LogP contribution in [0, 0.1) is 0 Å². The SMILES string of the molecule is CCCCCCCCCCC(NN)c1cnns1. The Kier molecular flexibility index (Phi) is 8.98. The smallest absolute Gasteiger partial charge is 0.0669 e. The van der Waals surface area contributed by atoms with Crippen LogP contribution in [0.25, 0.3) is 0 Å². The monoisotopic (exact) mass is 270 g/mol. The fourth-order valence-corrected chi connectivity index (χ4v) is 2.71. The average Bonchev–Trinajstić information content (AvgIpc) is 2.91. The molecule has 1 heterocycles. The van der Waals surface area contributed by atoms with Crippen LogP contribution in [0.2, 0.25) is 0 Å². The van der Waals surface area contributed by atoms with Gasteiger partial charge in [-0.1, -0.05) is 62.8 Å². The van der Waals surface area contributed by atoms with Crippen LogP contribution < -0.4 is 11.3 Å². The van der Waals surface area contributed by atoms with Crippen molar-refractivity contribution in [3.63, 3.8) is 0 Å². The maximum atomic E-state index is 5.56. The molecule has 1 rings (SSSR count). The van der Waals surface area contributed by atoms with E-state index in [1.807, 2.05) is 0 Å². The van der Waals surface area contributed by atoms with Crippen molar-refractivity contribution in [3.8, 4) is 0 Å². The van der Waals surface area contributed by atoms with Gasteiger partial charge in [-0.2, -0.15) is 0 Å². The van der Waals surface area contributed by atoms with Crippen LogP contribution in [0.15, 0.2) is 6.20 Å². The molecular formula is C13H26N4S.